The molecule has 3 amide bonds. The molecule has 0 spiro atoms. The molecular formula is C30H36F3N3O3. The standard InChI is InChI=1S/C30H36F3N3O3/c1-20(37)36-22-11-9-10-21(18-22)27(38)34-17-8-2-7-16-29(28(39)35-19-30(31,32)33)25-14-5-3-12-23(25)24-13-4-6-15-26(24)29/h3-6,12-15,21-22H,2,7-11,16-19H2,1H3,(H,34,38)(H,35,39)(H,36,37). The van der Waals surface area contributed by atoms with Gasteiger partial charge in [-0.05, 0) is 54.4 Å². The van der Waals surface area contributed by atoms with E-state index in [-0.39, 0.29) is 23.8 Å². The smallest absolute Gasteiger partial charge is 0.356 e. The molecule has 0 bridgehead atoms. The summed E-state index contributed by atoms with van der Waals surface area (Å²) in [5.41, 5.74) is 1.98. The summed E-state index contributed by atoms with van der Waals surface area (Å²) >= 11 is 0. The minimum absolute atomic E-state index is 0.00769. The number of hydrogen-bond acceptors (Lipinski definition) is 3. The summed E-state index contributed by atoms with van der Waals surface area (Å²) in [6, 6.07) is 14.9. The molecule has 0 radical (unpaired) electrons. The number of benzene rings is 2. The summed E-state index contributed by atoms with van der Waals surface area (Å²) in [5, 5.41) is 8.07. The maximum absolute atomic E-state index is 13.5. The van der Waals surface area contributed by atoms with Gasteiger partial charge in [-0.3, -0.25) is 14.4 Å². The molecular weight excluding hydrogens is 507 g/mol. The number of alkyl halides is 3. The van der Waals surface area contributed by atoms with Crippen molar-refractivity contribution in [3.05, 3.63) is 59.7 Å². The fourth-order valence-corrected chi connectivity index (χ4v) is 6.18. The first-order chi connectivity index (χ1) is 18.6. The lowest BCUT2D eigenvalue weighted by Crippen LogP contribution is -2.47. The molecule has 4 rings (SSSR count). The lowest BCUT2D eigenvalue weighted by molar-refractivity contribution is -0.141. The van der Waals surface area contributed by atoms with Gasteiger partial charge < -0.3 is 16.0 Å². The van der Waals surface area contributed by atoms with Gasteiger partial charge in [0, 0.05) is 25.4 Å². The molecule has 2 aliphatic carbocycles. The molecule has 9 heteroatoms. The van der Waals surface area contributed by atoms with E-state index in [9.17, 15) is 27.6 Å². The molecule has 0 saturated heterocycles. The van der Waals surface area contributed by atoms with Gasteiger partial charge in [-0.15, -0.1) is 0 Å². The number of halogens is 3. The van der Waals surface area contributed by atoms with E-state index in [1.165, 1.54) is 6.92 Å². The van der Waals surface area contributed by atoms with Crippen LogP contribution in [0.4, 0.5) is 13.2 Å². The number of carbonyl (C=O) groups is 3. The van der Waals surface area contributed by atoms with Crippen molar-refractivity contribution < 1.29 is 27.6 Å². The van der Waals surface area contributed by atoms with Crippen LogP contribution in [-0.4, -0.2) is 43.0 Å². The normalized spacial score (nSPS) is 19.5. The van der Waals surface area contributed by atoms with Gasteiger partial charge >= 0.3 is 6.18 Å². The van der Waals surface area contributed by atoms with Gasteiger partial charge in [0.05, 0.1) is 0 Å². The molecule has 2 atom stereocenters. The van der Waals surface area contributed by atoms with Crippen LogP contribution >= 0.6 is 0 Å². The Morgan fingerprint density at radius 3 is 2.15 bits per heavy atom. The Kier molecular flexibility index (Phi) is 8.97. The second-order valence-electron chi connectivity index (χ2n) is 10.7. The lowest BCUT2D eigenvalue weighted by atomic mass is 9.73. The van der Waals surface area contributed by atoms with Crippen molar-refractivity contribution in [3.8, 4) is 11.1 Å². The topological polar surface area (TPSA) is 87.3 Å². The van der Waals surface area contributed by atoms with Gasteiger partial charge in [-0.25, -0.2) is 0 Å². The quantitative estimate of drug-likeness (QED) is 0.369. The van der Waals surface area contributed by atoms with Gasteiger partial charge in [0.1, 0.15) is 12.0 Å². The van der Waals surface area contributed by atoms with Gasteiger partial charge in [0.25, 0.3) is 0 Å². The third-order valence-corrected chi connectivity index (χ3v) is 7.88. The minimum atomic E-state index is -4.51. The highest BCUT2D eigenvalue weighted by molar-refractivity contribution is 6.00. The van der Waals surface area contributed by atoms with Gasteiger partial charge in [0.15, 0.2) is 0 Å². The first-order valence-corrected chi connectivity index (χ1v) is 13.7. The number of hydrogen-bond donors (Lipinski definition) is 3. The van der Waals surface area contributed by atoms with Gasteiger partial charge in [-0.1, -0.05) is 67.8 Å². The second-order valence-corrected chi connectivity index (χ2v) is 10.7. The molecule has 2 unspecified atom stereocenters. The third kappa shape index (κ3) is 6.62. The van der Waals surface area contributed by atoms with Crippen molar-refractivity contribution in [2.45, 2.75) is 75.9 Å². The van der Waals surface area contributed by atoms with E-state index in [2.05, 4.69) is 16.0 Å². The van der Waals surface area contributed by atoms with E-state index < -0.39 is 24.0 Å². The Balaban J connectivity index is 1.38. The first kappa shape index (κ1) is 28.6. The Labute approximate surface area is 227 Å². The van der Waals surface area contributed by atoms with Crippen molar-refractivity contribution in [3.63, 3.8) is 0 Å². The van der Waals surface area contributed by atoms with Crippen LogP contribution in [0.3, 0.4) is 0 Å². The Morgan fingerprint density at radius 2 is 1.54 bits per heavy atom. The molecule has 3 N–H and O–H groups in total. The molecule has 2 aromatic rings. The Hall–Kier alpha value is -3.36. The molecule has 0 aliphatic heterocycles. The highest BCUT2D eigenvalue weighted by Crippen LogP contribution is 2.51. The maximum Gasteiger partial charge on any atom is 0.405 e. The van der Waals surface area contributed by atoms with Crippen LogP contribution in [0.2, 0.25) is 0 Å². The van der Waals surface area contributed by atoms with Crippen molar-refractivity contribution in [1.82, 2.24) is 16.0 Å². The van der Waals surface area contributed by atoms with E-state index >= 15 is 0 Å². The average molecular weight is 544 g/mol. The zero-order valence-electron chi connectivity index (χ0n) is 22.2. The zero-order valence-corrected chi connectivity index (χ0v) is 22.2. The number of fused-ring (bicyclic) bond motifs is 3. The maximum atomic E-state index is 13.5. The first-order valence-electron chi connectivity index (χ1n) is 13.7. The van der Waals surface area contributed by atoms with E-state index in [4.69, 9.17) is 0 Å². The van der Waals surface area contributed by atoms with Crippen LogP contribution in [-0.2, 0) is 19.8 Å². The summed E-state index contributed by atoms with van der Waals surface area (Å²) in [6.45, 7) is 0.588. The second kappa shape index (κ2) is 12.2. The van der Waals surface area contributed by atoms with Crippen molar-refractivity contribution in [2.24, 2.45) is 5.92 Å². The third-order valence-electron chi connectivity index (χ3n) is 7.88. The molecule has 0 heterocycles. The minimum Gasteiger partial charge on any atom is -0.356 e. The summed E-state index contributed by atoms with van der Waals surface area (Å²) in [4.78, 5) is 37.5. The molecule has 1 saturated carbocycles. The van der Waals surface area contributed by atoms with Crippen LogP contribution in [0, 0.1) is 5.92 Å². The number of nitrogens with one attached hydrogen (secondary N) is 3. The molecule has 2 aromatic carbocycles. The lowest BCUT2D eigenvalue weighted by Gasteiger charge is -2.31. The number of rotatable bonds is 10. The molecule has 210 valence electrons. The Bertz CT molecular complexity index is 1150. The summed E-state index contributed by atoms with van der Waals surface area (Å²) < 4.78 is 39.1. The summed E-state index contributed by atoms with van der Waals surface area (Å²) in [7, 11) is 0. The highest BCUT2D eigenvalue weighted by Gasteiger charge is 2.49. The predicted molar refractivity (Wildman–Crippen MR) is 143 cm³/mol. The molecule has 6 nitrogen and oxygen atoms in total. The van der Waals surface area contributed by atoms with Crippen LogP contribution in [0.15, 0.2) is 48.5 Å². The molecule has 1 fully saturated rings. The van der Waals surface area contributed by atoms with E-state index in [0.29, 0.717) is 38.6 Å². The largest absolute Gasteiger partial charge is 0.405 e. The van der Waals surface area contributed by atoms with E-state index in [0.717, 1.165) is 41.5 Å². The SMILES string of the molecule is CC(=O)NC1CCCC(C(=O)NCCCCCC2(C(=O)NCC(F)(F)F)c3ccccc3-c3ccccc32)C1. The monoisotopic (exact) mass is 543 g/mol. The summed E-state index contributed by atoms with van der Waals surface area (Å²) in [6.07, 6.45) is 1.07. The van der Waals surface area contributed by atoms with Crippen molar-refractivity contribution in [1.29, 1.82) is 0 Å². The van der Waals surface area contributed by atoms with Crippen LogP contribution in [0.1, 0.15) is 69.4 Å². The van der Waals surface area contributed by atoms with E-state index in [1.807, 2.05) is 48.5 Å². The van der Waals surface area contributed by atoms with Gasteiger partial charge in [0.2, 0.25) is 17.7 Å². The fraction of sp³-hybridized carbons (Fsp3) is 0.500. The molecule has 2 aliphatic rings. The van der Waals surface area contributed by atoms with E-state index in [1.54, 1.807) is 0 Å². The fourth-order valence-electron chi connectivity index (χ4n) is 6.18. The Morgan fingerprint density at radius 1 is 0.897 bits per heavy atom. The predicted octanol–water partition coefficient (Wildman–Crippen LogP) is 5.00. The summed E-state index contributed by atoms with van der Waals surface area (Å²) in [5.74, 6) is -0.857. The van der Waals surface area contributed by atoms with Crippen molar-refractivity contribution >= 4 is 17.7 Å². The number of carbonyl (C=O) groups excluding carboxylic acids is 3. The highest BCUT2D eigenvalue weighted by atomic mass is 19.4. The van der Waals surface area contributed by atoms with Crippen LogP contribution in [0.25, 0.3) is 11.1 Å². The number of amides is 3. The number of unbranched alkanes of at least 4 members (excludes halogenated alkanes) is 2. The van der Waals surface area contributed by atoms with Crippen molar-refractivity contribution in [2.75, 3.05) is 13.1 Å². The molecule has 39 heavy (non-hydrogen) atoms. The van der Waals surface area contributed by atoms with Gasteiger partial charge in [-0.2, -0.15) is 13.2 Å². The van der Waals surface area contributed by atoms with Crippen LogP contribution < -0.4 is 16.0 Å². The average Bonchev–Trinajstić information content (AvgIpc) is 3.19. The van der Waals surface area contributed by atoms with Crippen LogP contribution in [0.5, 0.6) is 0 Å². The zero-order chi connectivity index (χ0) is 28.0. The molecule has 0 aromatic heterocycles.